The standard InChI is InChI=1S/C9H17NOS/c1-7(6-12)5-10-8(2)3-4-9(10)11/h7-8,12H,3-6H2,1-2H3. The van der Waals surface area contributed by atoms with Crippen LogP contribution in [0.1, 0.15) is 26.7 Å². The molecule has 2 atom stereocenters. The number of likely N-dealkylation sites (tertiary alicyclic amines) is 1. The van der Waals surface area contributed by atoms with Crippen molar-refractivity contribution in [2.75, 3.05) is 12.3 Å². The van der Waals surface area contributed by atoms with Gasteiger partial charge >= 0.3 is 0 Å². The van der Waals surface area contributed by atoms with E-state index in [1.54, 1.807) is 0 Å². The zero-order valence-corrected chi connectivity index (χ0v) is 8.68. The van der Waals surface area contributed by atoms with Gasteiger partial charge in [-0.05, 0) is 25.0 Å². The molecule has 12 heavy (non-hydrogen) atoms. The fourth-order valence-corrected chi connectivity index (χ4v) is 1.67. The molecule has 1 saturated heterocycles. The molecular weight excluding hydrogens is 170 g/mol. The van der Waals surface area contributed by atoms with Gasteiger partial charge in [0.05, 0.1) is 0 Å². The van der Waals surface area contributed by atoms with E-state index < -0.39 is 0 Å². The molecule has 0 aromatic carbocycles. The van der Waals surface area contributed by atoms with E-state index in [2.05, 4.69) is 26.5 Å². The van der Waals surface area contributed by atoms with Gasteiger partial charge in [0.15, 0.2) is 0 Å². The van der Waals surface area contributed by atoms with Crippen LogP contribution in [0.3, 0.4) is 0 Å². The maximum Gasteiger partial charge on any atom is 0.222 e. The molecule has 0 bridgehead atoms. The molecule has 0 aromatic rings. The molecule has 2 nitrogen and oxygen atoms in total. The van der Waals surface area contributed by atoms with Crippen molar-refractivity contribution in [3.8, 4) is 0 Å². The first-order valence-electron chi connectivity index (χ1n) is 4.55. The van der Waals surface area contributed by atoms with Crippen molar-refractivity contribution in [1.82, 2.24) is 4.90 Å². The molecular formula is C9H17NOS. The normalized spacial score (nSPS) is 26.4. The summed E-state index contributed by atoms with van der Waals surface area (Å²) < 4.78 is 0. The Bertz CT molecular complexity index is 172. The molecule has 1 rings (SSSR count). The van der Waals surface area contributed by atoms with Crippen molar-refractivity contribution in [2.45, 2.75) is 32.7 Å². The summed E-state index contributed by atoms with van der Waals surface area (Å²) in [6.45, 7) is 5.13. The molecule has 0 aliphatic carbocycles. The lowest BCUT2D eigenvalue weighted by Crippen LogP contribution is -2.35. The Hall–Kier alpha value is -0.180. The van der Waals surface area contributed by atoms with Gasteiger partial charge < -0.3 is 4.90 Å². The highest BCUT2D eigenvalue weighted by molar-refractivity contribution is 7.80. The fourth-order valence-electron chi connectivity index (χ4n) is 1.55. The van der Waals surface area contributed by atoms with Crippen LogP contribution in [0.4, 0.5) is 0 Å². The van der Waals surface area contributed by atoms with Crippen molar-refractivity contribution >= 4 is 18.5 Å². The minimum absolute atomic E-state index is 0.316. The Morgan fingerprint density at radius 2 is 2.42 bits per heavy atom. The third-order valence-electron chi connectivity index (χ3n) is 2.45. The van der Waals surface area contributed by atoms with Gasteiger partial charge in [0.25, 0.3) is 0 Å². The van der Waals surface area contributed by atoms with E-state index in [9.17, 15) is 4.79 Å². The van der Waals surface area contributed by atoms with Crippen LogP contribution in [0.25, 0.3) is 0 Å². The lowest BCUT2D eigenvalue weighted by molar-refractivity contribution is -0.129. The zero-order chi connectivity index (χ0) is 9.14. The molecule has 0 aromatic heterocycles. The quantitative estimate of drug-likeness (QED) is 0.665. The predicted octanol–water partition coefficient (Wildman–Crippen LogP) is 1.56. The van der Waals surface area contributed by atoms with Crippen LogP contribution in [-0.2, 0) is 4.79 Å². The number of carbonyl (C=O) groups excluding carboxylic acids is 1. The van der Waals surface area contributed by atoms with Crippen molar-refractivity contribution in [3.63, 3.8) is 0 Å². The second kappa shape index (κ2) is 4.17. The average molecular weight is 187 g/mol. The largest absolute Gasteiger partial charge is 0.340 e. The van der Waals surface area contributed by atoms with Gasteiger partial charge in [0.2, 0.25) is 5.91 Å². The van der Waals surface area contributed by atoms with Gasteiger partial charge in [-0.15, -0.1) is 0 Å². The van der Waals surface area contributed by atoms with Gasteiger partial charge in [-0.3, -0.25) is 4.79 Å². The first-order valence-corrected chi connectivity index (χ1v) is 5.18. The summed E-state index contributed by atoms with van der Waals surface area (Å²) in [4.78, 5) is 13.3. The van der Waals surface area contributed by atoms with Gasteiger partial charge in [-0.2, -0.15) is 12.6 Å². The first-order chi connectivity index (χ1) is 5.65. The second-order valence-corrected chi connectivity index (χ2v) is 4.09. The topological polar surface area (TPSA) is 20.3 Å². The summed E-state index contributed by atoms with van der Waals surface area (Å²) in [7, 11) is 0. The Balaban J connectivity index is 2.44. The highest BCUT2D eigenvalue weighted by atomic mass is 32.1. The van der Waals surface area contributed by atoms with Gasteiger partial charge in [0, 0.05) is 19.0 Å². The number of thiol groups is 1. The number of rotatable bonds is 3. The molecule has 0 spiro atoms. The van der Waals surface area contributed by atoms with Crippen LogP contribution in [0.15, 0.2) is 0 Å². The van der Waals surface area contributed by atoms with Crippen LogP contribution in [0, 0.1) is 5.92 Å². The Labute approximate surface area is 79.7 Å². The molecule has 0 saturated carbocycles. The van der Waals surface area contributed by atoms with Gasteiger partial charge in [-0.1, -0.05) is 6.92 Å². The molecule has 70 valence electrons. The molecule has 0 N–H and O–H groups in total. The lowest BCUT2D eigenvalue weighted by Gasteiger charge is -2.24. The fraction of sp³-hybridized carbons (Fsp3) is 0.889. The molecule has 1 amide bonds. The molecule has 1 heterocycles. The molecule has 1 aliphatic heterocycles. The van der Waals surface area contributed by atoms with Crippen LogP contribution in [0.2, 0.25) is 0 Å². The van der Waals surface area contributed by atoms with Crippen molar-refractivity contribution < 1.29 is 4.79 Å². The Morgan fingerprint density at radius 3 is 2.83 bits per heavy atom. The van der Waals surface area contributed by atoms with Crippen LogP contribution in [-0.4, -0.2) is 29.1 Å². The Kier molecular flexibility index (Phi) is 3.44. The third kappa shape index (κ3) is 2.16. The summed E-state index contributed by atoms with van der Waals surface area (Å²) in [6, 6.07) is 0.444. The summed E-state index contributed by atoms with van der Waals surface area (Å²) in [5, 5.41) is 0. The van der Waals surface area contributed by atoms with E-state index in [1.807, 2.05) is 4.90 Å². The van der Waals surface area contributed by atoms with Crippen LogP contribution >= 0.6 is 12.6 Å². The first kappa shape index (κ1) is 9.90. The minimum Gasteiger partial charge on any atom is -0.340 e. The second-order valence-electron chi connectivity index (χ2n) is 3.72. The van der Waals surface area contributed by atoms with E-state index in [0.717, 1.165) is 25.1 Å². The highest BCUT2D eigenvalue weighted by Gasteiger charge is 2.27. The highest BCUT2D eigenvalue weighted by Crippen LogP contribution is 2.19. The van der Waals surface area contributed by atoms with Gasteiger partial charge in [0.1, 0.15) is 0 Å². The summed E-state index contributed by atoms with van der Waals surface area (Å²) in [5.74, 6) is 1.69. The van der Waals surface area contributed by atoms with E-state index in [1.165, 1.54) is 0 Å². The number of hydrogen-bond donors (Lipinski definition) is 1. The molecule has 1 aliphatic rings. The number of hydrogen-bond acceptors (Lipinski definition) is 2. The maximum absolute atomic E-state index is 11.3. The summed E-state index contributed by atoms with van der Waals surface area (Å²) in [5.41, 5.74) is 0. The SMILES string of the molecule is CC(CS)CN1C(=O)CCC1C. The molecule has 2 unspecified atom stereocenters. The molecule has 3 heteroatoms. The van der Waals surface area contributed by atoms with Crippen molar-refractivity contribution in [1.29, 1.82) is 0 Å². The van der Waals surface area contributed by atoms with E-state index >= 15 is 0 Å². The van der Waals surface area contributed by atoms with E-state index in [0.29, 0.717) is 17.9 Å². The lowest BCUT2D eigenvalue weighted by atomic mass is 10.2. The molecule has 1 fully saturated rings. The molecule has 0 radical (unpaired) electrons. The number of amides is 1. The van der Waals surface area contributed by atoms with Crippen molar-refractivity contribution in [3.05, 3.63) is 0 Å². The Morgan fingerprint density at radius 1 is 1.75 bits per heavy atom. The zero-order valence-electron chi connectivity index (χ0n) is 7.79. The summed E-state index contributed by atoms with van der Waals surface area (Å²) in [6.07, 6.45) is 1.76. The predicted molar refractivity (Wildman–Crippen MR) is 53.4 cm³/mol. The number of carbonyl (C=O) groups is 1. The minimum atomic E-state index is 0.316. The van der Waals surface area contributed by atoms with Crippen molar-refractivity contribution in [2.24, 2.45) is 5.92 Å². The van der Waals surface area contributed by atoms with Gasteiger partial charge in [-0.25, -0.2) is 0 Å². The number of nitrogens with zero attached hydrogens (tertiary/aromatic N) is 1. The average Bonchev–Trinajstić information content (AvgIpc) is 2.35. The summed E-state index contributed by atoms with van der Waals surface area (Å²) >= 11 is 4.21. The third-order valence-corrected chi connectivity index (χ3v) is 3.07. The van der Waals surface area contributed by atoms with E-state index in [-0.39, 0.29) is 0 Å². The smallest absolute Gasteiger partial charge is 0.222 e. The monoisotopic (exact) mass is 187 g/mol. The van der Waals surface area contributed by atoms with E-state index in [4.69, 9.17) is 0 Å². The maximum atomic E-state index is 11.3. The van der Waals surface area contributed by atoms with Crippen LogP contribution < -0.4 is 0 Å². The van der Waals surface area contributed by atoms with Crippen LogP contribution in [0.5, 0.6) is 0 Å².